The SMILES string of the molecule is O=C(Nc1ccc(C(=O)O)c(O)c1)c1ncn[nH]1. The molecule has 1 amide bonds. The number of carbonyl (C=O) groups excluding carboxylic acids is 1. The first-order chi connectivity index (χ1) is 8.58. The molecule has 0 aliphatic rings. The minimum absolute atomic E-state index is 0.0109. The van der Waals surface area contributed by atoms with Gasteiger partial charge in [-0.05, 0) is 12.1 Å². The van der Waals surface area contributed by atoms with Crippen molar-refractivity contribution in [1.29, 1.82) is 0 Å². The number of aromatic carboxylic acids is 1. The lowest BCUT2D eigenvalue weighted by Crippen LogP contribution is -2.13. The van der Waals surface area contributed by atoms with Gasteiger partial charge >= 0.3 is 5.97 Å². The van der Waals surface area contributed by atoms with Crippen LogP contribution in [-0.4, -0.2) is 37.3 Å². The summed E-state index contributed by atoms with van der Waals surface area (Å²) < 4.78 is 0. The molecule has 0 atom stereocenters. The maximum absolute atomic E-state index is 11.6. The zero-order valence-corrected chi connectivity index (χ0v) is 8.91. The third-order valence-corrected chi connectivity index (χ3v) is 2.12. The van der Waals surface area contributed by atoms with Gasteiger partial charge in [0.15, 0.2) is 0 Å². The molecule has 18 heavy (non-hydrogen) atoms. The molecule has 0 spiro atoms. The Morgan fingerprint density at radius 1 is 1.33 bits per heavy atom. The van der Waals surface area contributed by atoms with Crippen molar-refractivity contribution in [3.63, 3.8) is 0 Å². The fourth-order valence-corrected chi connectivity index (χ4v) is 1.30. The molecule has 0 radical (unpaired) electrons. The number of nitrogens with one attached hydrogen (secondary N) is 2. The van der Waals surface area contributed by atoms with Gasteiger partial charge in [-0.3, -0.25) is 9.89 Å². The average molecular weight is 248 g/mol. The summed E-state index contributed by atoms with van der Waals surface area (Å²) in [6.45, 7) is 0. The number of carboxylic acid groups (broad SMARTS) is 1. The number of phenols is 1. The zero-order valence-electron chi connectivity index (χ0n) is 8.91. The second-order valence-electron chi connectivity index (χ2n) is 3.33. The number of hydrogen-bond acceptors (Lipinski definition) is 5. The third kappa shape index (κ3) is 2.26. The predicted molar refractivity (Wildman–Crippen MR) is 59.4 cm³/mol. The van der Waals surface area contributed by atoms with Crippen molar-refractivity contribution in [2.75, 3.05) is 5.32 Å². The second-order valence-corrected chi connectivity index (χ2v) is 3.33. The van der Waals surface area contributed by atoms with E-state index < -0.39 is 17.6 Å². The molecule has 8 nitrogen and oxygen atoms in total. The molecular formula is C10H8N4O4. The monoisotopic (exact) mass is 248 g/mol. The number of benzene rings is 1. The summed E-state index contributed by atoms with van der Waals surface area (Å²) in [7, 11) is 0. The molecule has 2 rings (SSSR count). The van der Waals surface area contributed by atoms with E-state index in [9.17, 15) is 14.7 Å². The summed E-state index contributed by atoms with van der Waals surface area (Å²) >= 11 is 0. The van der Waals surface area contributed by atoms with Gasteiger partial charge in [-0.25, -0.2) is 9.78 Å². The lowest BCUT2D eigenvalue weighted by molar-refractivity contribution is 0.0693. The first-order valence-electron chi connectivity index (χ1n) is 4.81. The van der Waals surface area contributed by atoms with Gasteiger partial charge in [-0.15, -0.1) is 0 Å². The molecule has 8 heteroatoms. The Balaban J connectivity index is 2.18. The van der Waals surface area contributed by atoms with Crippen LogP contribution in [-0.2, 0) is 0 Å². The number of hydrogen-bond donors (Lipinski definition) is 4. The van der Waals surface area contributed by atoms with Gasteiger partial charge in [0.1, 0.15) is 17.6 Å². The predicted octanol–water partition coefficient (Wildman–Crippen LogP) is 0.461. The molecule has 1 heterocycles. The highest BCUT2D eigenvalue weighted by atomic mass is 16.4. The van der Waals surface area contributed by atoms with E-state index in [1.165, 1.54) is 18.5 Å². The number of amides is 1. The van der Waals surface area contributed by atoms with Gasteiger partial charge in [0, 0.05) is 11.8 Å². The Bertz CT molecular complexity index is 594. The molecule has 0 saturated carbocycles. The largest absolute Gasteiger partial charge is 0.507 e. The molecule has 2 aromatic rings. The van der Waals surface area contributed by atoms with Crippen LogP contribution in [0.25, 0.3) is 0 Å². The summed E-state index contributed by atoms with van der Waals surface area (Å²) in [4.78, 5) is 25.9. The molecule has 1 aromatic carbocycles. The highest BCUT2D eigenvalue weighted by Crippen LogP contribution is 2.22. The van der Waals surface area contributed by atoms with Crippen molar-refractivity contribution < 1.29 is 19.8 Å². The summed E-state index contributed by atoms with van der Waals surface area (Å²) in [6.07, 6.45) is 1.18. The average Bonchev–Trinajstić information content (AvgIpc) is 2.81. The highest BCUT2D eigenvalue weighted by molar-refractivity contribution is 6.02. The lowest BCUT2D eigenvalue weighted by atomic mass is 10.2. The molecule has 0 aliphatic heterocycles. The molecular weight excluding hydrogens is 240 g/mol. The Morgan fingerprint density at radius 3 is 2.67 bits per heavy atom. The van der Waals surface area contributed by atoms with Crippen LogP contribution in [0.15, 0.2) is 24.5 Å². The standard InChI is InChI=1S/C10H8N4O4/c15-7-3-5(1-2-6(7)10(17)18)13-9(16)8-11-4-12-14-8/h1-4,15H,(H,13,16)(H,17,18)(H,11,12,14). The van der Waals surface area contributed by atoms with Crippen molar-refractivity contribution in [2.24, 2.45) is 0 Å². The first kappa shape index (κ1) is 11.6. The molecule has 0 unspecified atom stereocenters. The maximum Gasteiger partial charge on any atom is 0.339 e. The van der Waals surface area contributed by atoms with Gasteiger partial charge in [0.05, 0.1) is 0 Å². The third-order valence-electron chi connectivity index (χ3n) is 2.12. The topological polar surface area (TPSA) is 128 Å². The van der Waals surface area contributed by atoms with Gasteiger partial charge in [-0.2, -0.15) is 5.10 Å². The fourth-order valence-electron chi connectivity index (χ4n) is 1.30. The Labute approximate surface area is 100 Å². The van der Waals surface area contributed by atoms with E-state index in [1.54, 1.807) is 0 Å². The Kier molecular flexibility index (Phi) is 2.92. The number of carbonyl (C=O) groups is 2. The van der Waals surface area contributed by atoms with Gasteiger partial charge in [0.2, 0.25) is 5.82 Å². The van der Waals surface area contributed by atoms with E-state index in [2.05, 4.69) is 20.5 Å². The van der Waals surface area contributed by atoms with Crippen molar-refractivity contribution in [2.45, 2.75) is 0 Å². The van der Waals surface area contributed by atoms with Crippen LogP contribution in [0.4, 0.5) is 5.69 Å². The highest BCUT2D eigenvalue weighted by Gasteiger charge is 2.12. The van der Waals surface area contributed by atoms with Crippen LogP contribution in [0.3, 0.4) is 0 Å². The normalized spacial score (nSPS) is 10.0. The van der Waals surface area contributed by atoms with Crippen LogP contribution in [0.1, 0.15) is 21.0 Å². The quantitative estimate of drug-likeness (QED) is 0.624. The molecule has 1 aromatic heterocycles. The van der Waals surface area contributed by atoms with E-state index in [4.69, 9.17) is 5.11 Å². The zero-order chi connectivity index (χ0) is 13.1. The summed E-state index contributed by atoms with van der Waals surface area (Å²) in [6, 6.07) is 3.68. The first-order valence-corrected chi connectivity index (χ1v) is 4.81. The molecule has 92 valence electrons. The van der Waals surface area contributed by atoms with Crippen molar-refractivity contribution in [3.8, 4) is 5.75 Å². The number of carboxylic acids is 1. The number of nitrogens with zero attached hydrogens (tertiary/aromatic N) is 2. The van der Waals surface area contributed by atoms with Crippen molar-refractivity contribution in [3.05, 3.63) is 35.9 Å². The van der Waals surface area contributed by atoms with Gasteiger partial charge in [-0.1, -0.05) is 0 Å². The van der Waals surface area contributed by atoms with E-state index in [1.807, 2.05) is 0 Å². The van der Waals surface area contributed by atoms with Crippen LogP contribution < -0.4 is 5.32 Å². The Hall–Kier alpha value is -2.90. The van der Waals surface area contributed by atoms with Crippen LogP contribution in [0.5, 0.6) is 5.75 Å². The van der Waals surface area contributed by atoms with Gasteiger partial charge < -0.3 is 15.5 Å². The number of aromatic amines is 1. The van der Waals surface area contributed by atoms with Crippen molar-refractivity contribution in [1.82, 2.24) is 15.2 Å². The van der Waals surface area contributed by atoms with Crippen molar-refractivity contribution >= 4 is 17.6 Å². The summed E-state index contributed by atoms with van der Waals surface area (Å²) in [5.41, 5.74) is 0.00608. The van der Waals surface area contributed by atoms with Crippen LogP contribution in [0.2, 0.25) is 0 Å². The number of aromatic nitrogens is 3. The maximum atomic E-state index is 11.6. The van der Waals surface area contributed by atoms with Gasteiger partial charge in [0.25, 0.3) is 5.91 Å². The van der Waals surface area contributed by atoms with E-state index in [0.717, 1.165) is 6.07 Å². The van der Waals surface area contributed by atoms with Crippen LogP contribution in [0, 0.1) is 0 Å². The number of rotatable bonds is 3. The smallest absolute Gasteiger partial charge is 0.339 e. The lowest BCUT2D eigenvalue weighted by Gasteiger charge is -2.05. The van der Waals surface area contributed by atoms with Crippen LogP contribution >= 0.6 is 0 Å². The molecule has 0 saturated heterocycles. The summed E-state index contributed by atoms with van der Waals surface area (Å²) in [5, 5.41) is 26.5. The molecule has 0 aliphatic carbocycles. The Morgan fingerprint density at radius 2 is 2.11 bits per heavy atom. The second kappa shape index (κ2) is 4.53. The number of aromatic hydroxyl groups is 1. The van der Waals surface area contributed by atoms with E-state index in [0.29, 0.717) is 0 Å². The minimum Gasteiger partial charge on any atom is -0.507 e. The number of H-pyrrole nitrogens is 1. The number of anilines is 1. The van der Waals surface area contributed by atoms with E-state index >= 15 is 0 Å². The minimum atomic E-state index is -1.25. The van der Waals surface area contributed by atoms with E-state index in [-0.39, 0.29) is 17.1 Å². The molecule has 0 fully saturated rings. The fraction of sp³-hybridized carbons (Fsp3) is 0. The molecule has 0 bridgehead atoms. The summed E-state index contributed by atoms with van der Waals surface area (Å²) in [5.74, 6) is -2.22. The molecule has 4 N–H and O–H groups in total.